The van der Waals surface area contributed by atoms with Crippen molar-refractivity contribution >= 4 is 29.4 Å². The van der Waals surface area contributed by atoms with Crippen LogP contribution in [-0.4, -0.2) is 69.1 Å². The van der Waals surface area contributed by atoms with Crippen molar-refractivity contribution in [2.75, 3.05) is 6.61 Å². The molecule has 4 rings (SSSR count). The van der Waals surface area contributed by atoms with Crippen molar-refractivity contribution in [2.45, 2.75) is 110 Å². The highest BCUT2D eigenvalue weighted by atomic mass is 16.5. The molecule has 4 aliphatic carbocycles. The molecule has 9 atom stereocenters. The lowest BCUT2D eigenvalue weighted by Crippen LogP contribution is -2.62. The van der Waals surface area contributed by atoms with Gasteiger partial charge >= 0.3 is 11.9 Å². The van der Waals surface area contributed by atoms with E-state index in [-0.39, 0.29) is 60.6 Å². The molecule has 10 heteroatoms. The van der Waals surface area contributed by atoms with Gasteiger partial charge in [0.1, 0.15) is 11.6 Å². The summed E-state index contributed by atoms with van der Waals surface area (Å²) in [7, 11) is 0. The highest BCUT2D eigenvalue weighted by molar-refractivity contribution is 5.92. The van der Waals surface area contributed by atoms with Crippen molar-refractivity contribution in [1.82, 2.24) is 5.32 Å². The Balaban J connectivity index is 1.37. The molecule has 41 heavy (non-hydrogen) atoms. The molecule has 10 nitrogen and oxygen atoms in total. The molecule has 0 aromatic rings. The molecule has 0 saturated heterocycles. The van der Waals surface area contributed by atoms with Crippen LogP contribution in [0.4, 0.5) is 0 Å². The van der Waals surface area contributed by atoms with Crippen LogP contribution in [0.3, 0.4) is 0 Å². The summed E-state index contributed by atoms with van der Waals surface area (Å²) in [4.78, 5) is 61.5. The van der Waals surface area contributed by atoms with Crippen molar-refractivity contribution in [3.63, 3.8) is 0 Å². The first kappa shape index (κ1) is 31.3. The van der Waals surface area contributed by atoms with Gasteiger partial charge in [0.2, 0.25) is 11.7 Å². The number of aliphatic carboxylic acids is 1. The van der Waals surface area contributed by atoms with Crippen LogP contribution in [0.2, 0.25) is 0 Å². The molecule has 0 spiro atoms. The summed E-state index contributed by atoms with van der Waals surface area (Å²) < 4.78 is 5.16. The predicted molar refractivity (Wildman–Crippen MR) is 147 cm³/mol. The number of esters is 1. The van der Waals surface area contributed by atoms with Gasteiger partial charge in [-0.25, -0.2) is 4.79 Å². The molecule has 0 aromatic heterocycles. The Hall–Kier alpha value is -2.59. The third kappa shape index (κ3) is 5.49. The molecule has 3 fully saturated rings. The lowest BCUT2D eigenvalue weighted by atomic mass is 9.45. The first-order valence-electron chi connectivity index (χ1n) is 15.0. The molecule has 4 aliphatic rings. The van der Waals surface area contributed by atoms with E-state index in [0.717, 1.165) is 18.4 Å². The van der Waals surface area contributed by atoms with Gasteiger partial charge in [-0.3, -0.25) is 19.2 Å². The fourth-order valence-electron chi connectivity index (χ4n) is 8.63. The normalized spacial score (nSPS) is 37.5. The maximum Gasteiger partial charge on any atom is 0.326 e. The lowest BCUT2D eigenvalue weighted by Gasteiger charge is -2.60. The van der Waals surface area contributed by atoms with E-state index in [0.29, 0.717) is 25.7 Å². The minimum atomic E-state index is -1.76. The van der Waals surface area contributed by atoms with Gasteiger partial charge in [0.15, 0.2) is 12.4 Å². The standard InChI is InChI=1S/C31H45NO9/c1-5-17(2)27(28(38)39)32-24(36)8-9-25(37)41-16-23(35)31(40)13-11-21-20-7-6-18-14-19(33)10-12-29(18,3)26(20)22(34)15-30(21,31)4/h14,17,20-22,26-27,34,40H,5-13,15-16H2,1-4H3,(H,32,36)(H,38,39)/t17-,20-,21-,22-,26+,27-,29-,30-,31-/m0/s1. The summed E-state index contributed by atoms with van der Waals surface area (Å²) in [5.41, 5.74) is -1.81. The number of carbonyl (C=O) groups excluding carboxylic acids is 4. The molecule has 228 valence electrons. The van der Waals surface area contributed by atoms with Crippen LogP contribution in [0.1, 0.15) is 91.9 Å². The molecular formula is C31H45NO9. The van der Waals surface area contributed by atoms with E-state index in [2.05, 4.69) is 12.2 Å². The Labute approximate surface area is 241 Å². The topological polar surface area (TPSA) is 167 Å². The smallest absolute Gasteiger partial charge is 0.326 e. The Morgan fingerprint density at radius 2 is 1.83 bits per heavy atom. The fourth-order valence-corrected chi connectivity index (χ4v) is 8.63. The van der Waals surface area contributed by atoms with Crippen LogP contribution in [0.25, 0.3) is 0 Å². The zero-order valence-electron chi connectivity index (χ0n) is 24.6. The number of nitrogens with one attached hydrogen (secondary N) is 1. The highest BCUT2D eigenvalue weighted by Gasteiger charge is 2.68. The summed E-state index contributed by atoms with van der Waals surface area (Å²) in [5.74, 6) is -3.23. The monoisotopic (exact) mass is 575 g/mol. The number of fused-ring (bicyclic) bond motifs is 5. The van der Waals surface area contributed by atoms with Crippen LogP contribution in [0, 0.1) is 34.5 Å². The number of ether oxygens (including phenoxy) is 1. The number of carboxylic acids is 1. The van der Waals surface area contributed by atoms with Crippen LogP contribution in [0.15, 0.2) is 11.6 Å². The molecule has 4 N–H and O–H groups in total. The average Bonchev–Trinajstić information content (AvgIpc) is 3.19. The summed E-state index contributed by atoms with van der Waals surface area (Å²) in [6, 6.07) is -1.06. The number of carboxylic acid groups (broad SMARTS) is 1. The zero-order chi connectivity index (χ0) is 30.3. The predicted octanol–water partition coefficient (Wildman–Crippen LogP) is 2.73. The summed E-state index contributed by atoms with van der Waals surface area (Å²) in [5, 5.41) is 35.0. The van der Waals surface area contributed by atoms with Crippen LogP contribution >= 0.6 is 0 Å². The van der Waals surface area contributed by atoms with Crippen LogP contribution in [-0.2, 0) is 28.7 Å². The van der Waals surface area contributed by atoms with Crippen molar-refractivity contribution < 1.29 is 44.0 Å². The number of hydrogen-bond acceptors (Lipinski definition) is 8. The minimum absolute atomic E-state index is 0.00736. The van der Waals surface area contributed by atoms with Gasteiger partial charge in [-0.15, -0.1) is 0 Å². The summed E-state index contributed by atoms with van der Waals surface area (Å²) in [6.07, 6.45) is 4.77. The maximum atomic E-state index is 13.4. The Bertz CT molecular complexity index is 1130. The molecule has 3 saturated carbocycles. The second-order valence-electron chi connectivity index (χ2n) is 13.3. The maximum absolute atomic E-state index is 13.4. The highest BCUT2D eigenvalue weighted by Crippen LogP contribution is 2.67. The first-order chi connectivity index (χ1) is 19.2. The molecule has 0 aromatic carbocycles. The number of aliphatic hydroxyl groups excluding tert-OH is 1. The van der Waals surface area contributed by atoms with Gasteiger partial charge in [-0.05, 0) is 73.7 Å². The van der Waals surface area contributed by atoms with Crippen molar-refractivity contribution in [2.24, 2.45) is 34.5 Å². The van der Waals surface area contributed by atoms with Crippen LogP contribution in [0.5, 0.6) is 0 Å². The molecule has 0 aliphatic heterocycles. The second-order valence-corrected chi connectivity index (χ2v) is 13.3. The number of ketones is 2. The Morgan fingerprint density at radius 3 is 2.49 bits per heavy atom. The number of rotatable bonds is 10. The number of Topliss-reactive ketones (excluding diaryl/α,β-unsaturated/α-hetero) is 1. The van der Waals surface area contributed by atoms with Crippen molar-refractivity contribution in [1.29, 1.82) is 0 Å². The van der Waals surface area contributed by atoms with Crippen molar-refractivity contribution in [3.8, 4) is 0 Å². The number of hydrogen-bond donors (Lipinski definition) is 4. The van der Waals surface area contributed by atoms with Crippen molar-refractivity contribution in [3.05, 3.63) is 11.6 Å². The van der Waals surface area contributed by atoms with Gasteiger partial charge < -0.3 is 25.4 Å². The Kier molecular flexibility index (Phi) is 8.86. The van der Waals surface area contributed by atoms with Crippen LogP contribution < -0.4 is 5.32 Å². The van der Waals surface area contributed by atoms with Gasteiger partial charge in [-0.1, -0.05) is 39.7 Å². The Morgan fingerprint density at radius 1 is 1.12 bits per heavy atom. The fraction of sp³-hybridized carbons (Fsp3) is 0.774. The van der Waals surface area contributed by atoms with E-state index in [1.54, 1.807) is 13.0 Å². The number of aliphatic hydroxyl groups is 2. The van der Waals surface area contributed by atoms with E-state index in [1.807, 2.05) is 13.8 Å². The van der Waals surface area contributed by atoms with Gasteiger partial charge in [0, 0.05) is 18.3 Å². The lowest BCUT2D eigenvalue weighted by molar-refractivity contribution is -0.184. The summed E-state index contributed by atoms with van der Waals surface area (Å²) >= 11 is 0. The molecular weight excluding hydrogens is 530 g/mol. The zero-order valence-corrected chi connectivity index (χ0v) is 24.6. The molecule has 0 radical (unpaired) electrons. The molecule has 1 amide bonds. The summed E-state index contributed by atoms with van der Waals surface area (Å²) in [6.45, 7) is 6.90. The quantitative estimate of drug-likeness (QED) is 0.286. The SMILES string of the molecule is CC[C@H](C)[C@H](NC(=O)CCC(=O)OCC(=O)[C@@]1(O)CC[C@H]2[C@@H]3CCC4=CC(=O)CC[C@]4(C)[C@H]3[C@@H](O)C[C@@]21C)C(=O)O. The first-order valence-corrected chi connectivity index (χ1v) is 15.0. The third-order valence-electron chi connectivity index (χ3n) is 11.2. The average molecular weight is 576 g/mol. The van der Waals surface area contributed by atoms with E-state index >= 15 is 0 Å². The second kappa shape index (κ2) is 11.6. The molecule has 0 bridgehead atoms. The van der Waals surface area contributed by atoms with E-state index in [9.17, 15) is 39.3 Å². The third-order valence-corrected chi connectivity index (χ3v) is 11.2. The molecule has 0 heterocycles. The molecule has 0 unspecified atom stereocenters. The van der Waals surface area contributed by atoms with E-state index in [1.165, 1.54) is 0 Å². The minimum Gasteiger partial charge on any atom is -0.480 e. The number of amides is 1. The van der Waals surface area contributed by atoms with Gasteiger partial charge in [0.05, 0.1) is 12.5 Å². The van der Waals surface area contributed by atoms with E-state index in [4.69, 9.17) is 4.74 Å². The number of allylic oxidation sites excluding steroid dienone is 1. The van der Waals surface area contributed by atoms with Gasteiger partial charge in [-0.2, -0.15) is 0 Å². The number of carbonyl (C=O) groups is 5. The van der Waals surface area contributed by atoms with Gasteiger partial charge in [0.25, 0.3) is 0 Å². The largest absolute Gasteiger partial charge is 0.480 e. The van der Waals surface area contributed by atoms with E-state index < -0.39 is 53.4 Å².